The highest BCUT2D eigenvalue weighted by Crippen LogP contribution is 2.19. The molecule has 0 saturated carbocycles. The quantitative estimate of drug-likeness (QED) is 0.824. The molecule has 0 saturated heterocycles. The molecule has 0 heterocycles. The van der Waals surface area contributed by atoms with Crippen LogP contribution in [-0.2, 0) is 4.74 Å². The van der Waals surface area contributed by atoms with Gasteiger partial charge in [-0.1, -0.05) is 6.07 Å². The molecular weight excluding hydrogens is 225 g/mol. The minimum Gasteiger partial charge on any atom is -0.507 e. The minimum atomic E-state index is -0.744. The Morgan fingerprint density at radius 1 is 1.59 bits per heavy atom. The topological polar surface area (TPSA) is 58.6 Å². The highest BCUT2D eigenvalue weighted by atomic mass is 19.1. The predicted octanol–water partition coefficient (Wildman–Crippen LogP) is 1.69. The third kappa shape index (κ3) is 3.71. The molecule has 0 aliphatic heterocycles. The van der Waals surface area contributed by atoms with E-state index in [0.717, 1.165) is 6.07 Å². The molecule has 1 aromatic carbocycles. The Morgan fingerprint density at radius 3 is 2.88 bits per heavy atom. The summed E-state index contributed by atoms with van der Waals surface area (Å²) in [5.74, 6) is -1.76. The van der Waals surface area contributed by atoms with Crippen molar-refractivity contribution >= 4 is 5.91 Å². The molecule has 0 aromatic heterocycles. The molecule has 2 N–H and O–H groups in total. The van der Waals surface area contributed by atoms with Gasteiger partial charge >= 0.3 is 0 Å². The summed E-state index contributed by atoms with van der Waals surface area (Å²) in [7, 11) is 0. The zero-order valence-electron chi connectivity index (χ0n) is 9.87. The van der Waals surface area contributed by atoms with Crippen molar-refractivity contribution in [2.75, 3.05) is 13.2 Å². The monoisotopic (exact) mass is 241 g/mol. The first-order valence-corrected chi connectivity index (χ1v) is 5.43. The second-order valence-corrected chi connectivity index (χ2v) is 3.61. The molecule has 17 heavy (non-hydrogen) atoms. The number of benzene rings is 1. The highest BCUT2D eigenvalue weighted by molar-refractivity contribution is 5.97. The fourth-order valence-electron chi connectivity index (χ4n) is 1.41. The number of rotatable bonds is 5. The molecule has 94 valence electrons. The Balaban J connectivity index is 2.64. The Bertz CT molecular complexity index is 375. The van der Waals surface area contributed by atoms with Crippen molar-refractivity contribution in [3.63, 3.8) is 0 Å². The summed E-state index contributed by atoms with van der Waals surface area (Å²) in [5, 5.41) is 11.9. The maximum atomic E-state index is 13.3. The lowest BCUT2D eigenvalue weighted by Gasteiger charge is -2.13. The molecule has 1 amide bonds. The molecule has 1 unspecified atom stereocenters. The summed E-state index contributed by atoms with van der Waals surface area (Å²) in [6.45, 7) is 4.45. The second kappa shape index (κ2) is 6.20. The zero-order chi connectivity index (χ0) is 12.8. The molecule has 0 fully saturated rings. The minimum absolute atomic E-state index is 0.155. The van der Waals surface area contributed by atoms with Crippen LogP contribution in [0.25, 0.3) is 0 Å². The lowest BCUT2D eigenvalue weighted by atomic mass is 10.1. The molecule has 1 atom stereocenters. The van der Waals surface area contributed by atoms with E-state index in [2.05, 4.69) is 5.32 Å². The van der Waals surface area contributed by atoms with Crippen molar-refractivity contribution in [3.8, 4) is 5.75 Å². The number of carbonyl (C=O) groups is 1. The summed E-state index contributed by atoms with van der Waals surface area (Å²) in [4.78, 5) is 11.6. The van der Waals surface area contributed by atoms with Gasteiger partial charge < -0.3 is 15.2 Å². The van der Waals surface area contributed by atoms with Crippen LogP contribution in [0.5, 0.6) is 5.75 Å². The molecule has 0 radical (unpaired) electrons. The average Bonchev–Trinajstić information content (AvgIpc) is 2.26. The number of phenols is 1. The zero-order valence-corrected chi connectivity index (χ0v) is 9.87. The van der Waals surface area contributed by atoms with Gasteiger partial charge in [-0.3, -0.25) is 4.79 Å². The molecule has 0 aliphatic rings. The first-order chi connectivity index (χ1) is 8.06. The number of carbonyl (C=O) groups excluding carboxylic acids is 1. The van der Waals surface area contributed by atoms with Crippen LogP contribution in [0.3, 0.4) is 0 Å². The summed E-state index contributed by atoms with van der Waals surface area (Å²) in [6, 6.07) is 3.73. The molecule has 0 bridgehead atoms. The summed E-state index contributed by atoms with van der Waals surface area (Å²) < 4.78 is 18.5. The fraction of sp³-hybridized carbons (Fsp3) is 0.417. The lowest BCUT2D eigenvalue weighted by Crippen LogP contribution is -2.32. The molecule has 1 aromatic rings. The number of halogens is 1. The van der Waals surface area contributed by atoms with E-state index in [1.54, 1.807) is 6.92 Å². The van der Waals surface area contributed by atoms with Gasteiger partial charge in [-0.05, 0) is 26.0 Å². The highest BCUT2D eigenvalue weighted by Gasteiger charge is 2.16. The van der Waals surface area contributed by atoms with E-state index >= 15 is 0 Å². The summed E-state index contributed by atoms with van der Waals surface area (Å²) >= 11 is 0. The Kier molecular flexibility index (Phi) is 4.90. The van der Waals surface area contributed by atoms with Gasteiger partial charge in [0, 0.05) is 13.2 Å². The van der Waals surface area contributed by atoms with Crippen molar-refractivity contribution in [1.82, 2.24) is 5.32 Å². The SMILES string of the molecule is CCOC(C)CNC(=O)c1c(O)cccc1F. The molecule has 0 spiro atoms. The van der Waals surface area contributed by atoms with Crippen molar-refractivity contribution in [2.24, 2.45) is 0 Å². The van der Waals surface area contributed by atoms with Crippen molar-refractivity contribution in [3.05, 3.63) is 29.6 Å². The Morgan fingerprint density at radius 2 is 2.29 bits per heavy atom. The van der Waals surface area contributed by atoms with Crippen LogP contribution in [0.1, 0.15) is 24.2 Å². The largest absolute Gasteiger partial charge is 0.507 e. The molecule has 0 aliphatic carbocycles. The van der Waals surface area contributed by atoms with Crippen molar-refractivity contribution < 1.29 is 19.0 Å². The van der Waals surface area contributed by atoms with Gasteiger partial charge in [-0.15, -0.1) is 0 Å². The number of nitrogens with one attached hydrogen (secondary N) is 1. The smallest absolute Gasteiger partial charge is 0.258 e. The van der Waals surface area contributed by atoms with E-state index in [1.165, 1.54) is 12.1 Å². The van der Waals surface area contributed by atoms with Gasteiger partial charge in [-0.2, -0.15) is 0 Å². The van der Waals surface area contributed by atoms with Crippen molar-refractivity contribution in [2.45, 2.75) is 20.0 Å². The summed E-state index contributed by atoms with van der Waals surface area (Å²) in [6.07, 6.45) is -0.155. The van der Waals surface area contributed by atoms with Crippen LogP contribution in [0.2, 0.25) is 0 Å². The van der Waals surface area contributed by atoms with Crippen LogP contribution in [-0.4, -0.2) is 30.3 Å². The van der Waals surface area contributed by atoms with E-state index in [1.807, 2.05) is 6.92 Å². The van der Waals surface area contributed by atoms with E-state index < -0.39 is 11.7 Å². The lowest BCUT2D eigenvalue weighted by molar-refractivity contribution is 0.0692. The average molecular weight is 241 g/mol. The van der Waals surface area contributed by atoms with E-state index in [0.29, 0.717) is 6.61 Å². The predicted molar refractivity (Wildman–Crippen MR) is 61.5 cm³/mol. The maximum Gasteiger partial charge on any atom is 0.258 e. The Hall–Kier alpha value is -1.62. The van der Waals surface area contributed by atoms with Gasteiger partial charge in [0.05, 0.1) is 6.10 Å². The number of aromatic hydroxyl groups is 1. The van der Waals surface area contributed by atoms with E-state index in [4.69, 9.17) is 4.74 Å². The standard InChI is InChI=1S/C12H16FNO3/c1-3-17-8(2)7-14-12(16)11-9(13)5-4-6-10(11)15/h4-6,8,15H,3,7H2,1-2H3,(H,14,16). The number of ether oxygens (including phenoxy) is 1. The number of phenolic OH excluding ortho intramolecular Hbond substituents is 1. The van der Waals surface area contributed by atoms with Crippen LogP contribution >= 0.6 is 0 Å². The first-order valence-electron chi connectivity index (χ1n) is 5.43. The fourth-order valence-corrected chi connectivity index (χ4v) is 1.41. The number of hydrogen-bond acceptors (Lipinski definition) is 3. The second-order valence-electron chi connectivity index (χ2n) is 3.61. The van der Waals surface area contributed by atoms with Crippen LogP contribution < -0.4 is 5.32 Å². The molecule has 1 rings (SSSR count). The molecule has 5 heteroatoms. The third-order valence-corrected chi connectivity index (χ3v) is 2.22. The molecule has 4 nitrogen and oxygen atoms in total. The first kappa shape index (κ1) is 13.4. The maximum absolute atomic E-state index is 13.3. The van der Waals surface area contributed by atoms with E-state index in [-0.39, 0.29) is 24.0 Å². The number of hydrogen-bond donors (Lipinski definition) is 2. The van der Waals surface area contributed by atoms with Crippen molar-refractivity contribution in [1.29, 1.82) is 0 Å². The third-order valence-electron chi connectivity index (χ3n) is 2.22. The van der Waals surface area contributed by atoms with Gasteiger partial charge in [0.15, 0.2) is 0 Å². The van der Waals surface area contributed by atoms with E-state index in [9.17, 15) is 14.3 Å². The van der Waals surface area contributed by atoms with Gasteiger partial charge in [-0.25, -0.2) is 4.39 Å². The van der Waals surface area contributed by atoms with Crippen LogP contribution in [0.4, 0.5) is 4.39 Å². The Labute approximate surface area is 99.4 Å². The van der Waals surface area contributed by atoms with Gasteiger partial charge in [0.25, 0.3) is 5.91 Å². The normalized spacial score (nSPS) is 12.2. The van der Waals surface area contributed by atoms with Crippen LogP contribution in [0.15, 0.2) is 18.2 Å². The summed E-state index contributed by atoms with van der Waals surface area (Å²) in [5.41, 5.74) is -0.337. The molecular formula is C12H16FNO3. The van der Waals surface area contributed by atoms with Gasteiger partial charge in [0.2, 0.25) is 0 Å². The number of amides is 1. The van der Waals surface area contributed by atoms with Gasteiger partial charge in [0.1, 0.15) is 17.1 Å². The van der Waals surface area contributed by atoms with Crippen LogP contribution in [0, 0.1) is 5.82 Å².